The van der Waals surface area contributed by atoms with Crippen molar-refractivity contribution >= 4 is 72.9 Å². The molecule has 11 rings (SSSR count). The van der Waals surface area contributed by atoms with Crippen LogP contribution in [0, 0.1) is 0 Å². The number of anilines is 3. The van der Waals surface area contributed by atoms with Crippen LogP contribution >= 0.6 is 0 Å². The molecule has 0 unspecified atom stereocenters. The summed E-state index contributed by atoms with van der Waals surface area (Å²) in [5.74, 6) is 3.34. The zero-order valence-electron chi connectivity index (χ0n) is 27.4. The van der Waals surface area contributed by atoms with Crippen molar-refractivity contribution in [3.63, 3.8) is 0 Å². The lowest BCUT2D eigenvalue weighted by Gasteiger charge is -2.33. The Morgan fingerprint density at radius 1 is 0.412 bits per heavy atom. The van der Waals surface area contributed by atoms with Crippen molar-refractivity contribution in [2.45, 2.75) is 0 Å². The third-order valence-electron chi connectivity index (χ3n) is 10.4. The first-order chi connectivity index (χ1) is 25.3. The number of hydrogen-bond acceptors (Lipinski definition) is 4. The van der Waals surface area contributed by atoms with E-state index in [2.05, 4.69) is 150 Å². The van der Waals surface area contributed by atoms with Gasteiger partial charge in [0.2, 0.25) is 0 Å². The van der Waals surface area contributed by atoms with Crippen LogP contribution in [0.3, 0.4) is 0 Å². The molecule has 0 atom stereocenters. The summed E-state index contributed by atoms with van der Waals surface area (Å²) in [4.78, 5) is 2.31. The smallest absolute Gasteiger partial charge is 0.260 e. The molecular formula is C46H28BNO3. The third-order valence-corrected chi connectivity index (χ3v) is 10.4. The van der Waals surface area contributed by atoms with Gasteiger partial charge in [0.25, 0.3) is 6.71 Å². The number of hydrogen-bond donors (Lipinski definition) is 0. The number of fused-ring (bicyclic) bond motifs is 9. The van der Waals surface area contributed by atoms with Crippen LogP contribution in [0.15, 0.2) is 174 Å². The van der Waals surface area contributed by atoms with Crippen molar-refractivity contribution in [1.82, 2.24) is 0 Å². The van der Waals surface area contributed by atoms with Gasteiger partial charge in [-0.05, 0) is 82.0 Å². The van der Waals surface area contributed by atoms with Gasteiger partial charge in [-0.2, -0.15) is 0 Å². The first kappa shape index (κ1) is 28.2. The summed E-state index contributed by atoms with van der Waals surface area (Å²) >= 11 is 0. The quantitative estimate of drug-likeness (QED) is 0.177. The third kappa shape index (κ3) is 4.28. The van der Waals surface area contributed by atoms with Crippen molar-refractivity contribution in [1.29, 1.82) is 0 Å². The van der Waals surface area contributed by atoms with E-state index in [1.165, 1.54) is 5.56 Å². The van der Waals surface area contributed by atoms with Gasteiger partial charge in [0.05, 0.1) is 5.69 Å². The van der Waals surface area contributed by atoms with Crippen LogP contribution in [0.2, 0.25) is 0 Å². The summed E-state index contributed by atoms with van der Waals surface area (Å²) in [5, 5.41) is 4.38. The second kappa shape index (κ2) is 10.9. The standard InChI is InChI=1S/C46H28BNO3/c1-4-13-29(14-5-1)30-23-24-39-36(25-30)47-37-27-42-35(26-43(37)50-41-22-12-21-40(49-39)46(41)47)45-34-20-11-10-19-33(34)38(28-44(45)51-42)48(31-15-6-2-7-16-31)32-17-8-3-9-18-32/h1-28H. The predicted molar refractivity (Wildman–Crippen MR) is 209 cm³/mol. The van der Waals surface area contributed by atoms with Gasteiger partial charge < -0.3 is 18.8 Å². The van der Waals surface area contributed by atoms with E-state index in [0.717, 1.165) is 94.7 Å². The summed E-state index contributed by atoms with van der Waals surface area (Å²) in [5.41, 5.74) is 10.4. The van der Waals surface area contributed by atoms with Gasteiger partial charge in [0, 0.05) is 39.1 Å². The molecule has 2 aliphatic rings. The summed E-state index contributed by atoms with van der Waals surface area (Å²) < 4.78 is 20.1. The Hall–Kier alpha value is -6.72. The molecule has 0 saturated carbocycles. The summed E-state index contributed by atoms with van der Waals surface area (Å²) in [6.07, 6.45) is 0. The number of furan rings is 1. The van der Waals surface area contributed by atoms with E-state index in [1.54, 1.807) is 0 Å². The molecule has 0 saturated heterocycles. The molecule has 3 heterocycles. The molecular weight excluding hydrogens is 625 g/mol. The molecule has 2 aliphatic heterocycles. The van der Waals surface area contributed by atoms with E-state index in [4.69, 9.17) is 13.9 Å². The van der Waals surface area contributed by atoms with Crippen LogP contribution in [0.1, 0.15) is 0 Å². The molecule has 8 aromatic carbocycles. The minimum atomic E-state index is -0.0797. The van der Waals surface area contributed by atoms with E-state index in [9.17, 15) is 0 Å². The van der Waals surface area contributed by atoms with Gasteiger partial charge in [-0.3, -0.25) is 0 Å². The highest BCUT2D eigenvalue weighted by Gasteiger charge is 2.40. The lowest BCUT2D eigenvalue weighted by molar-refractivity contribution is 0.465. The van der Waals surface area contributed by atoms with Crippen LogP contribution in [0.25, 0.3) is 43.8 Å². The zero-order chi connectivity index (χ0) is 33.5. The molecule has 4 nitrogen and oxygen atoms in total. The van der Waals surface area contributed by atoms with Crippen molar-refractivity contribution in [2.24, 2.45) is 0 Å². The summed E-state index contributed by atoms with van der Waals surface area (Å²) in [6.45, 7) is -0.0797. The number of para-hydroxylation sites is 2. The maximum atomic E-state index is 6.89. The molecule has 9 aromatic rings. The Morgan fingerprint density at radius 2 is 1.04 bits per heavy atom. The van der Waals surface area contributed by atoms with E-state index < -0.39 is 0 Å². The molecule has 0 spiro atoms. The number of benzene rings is 8. The number of rotatable bonds is 4. The fourth-order valence-corrected chi connectivity index (χ4v) is 8.12. The average Bonchev–Trinajstić information content (AvgIpc) is 3.55. The predicted octanol–water partition coefficient (Wildman–Crippen LogP) is 10.6. The molecule has 51 heavy (non-hydrogen) atoms. The maximum absolute atomic E-state index is 6.89. The van der Waals surface area contributed by atoms with Gasteiger partial charge >= 0.3 is 0 Å². The van der Waals surface area contributed by atoms with E-state index in [-0.39, 0.29) is 6.71 Å². The van der Waals surface area contributed by atoms with E-state index in [0.29, 0.717) is 0 Å². The fraction of sp³-hybridized carbons (Fsp3) is 0. The minimum Gasteiger partial charge on any atom is -0.458 e. The first-order valence-corrected chi connectivity index (χ1v) is 17.3. The van der Waals surface area contributed by atoms with E-state index >= 15 is 0 Å². The molecule has 0 bridgehead atoms. The van der Waals surface area contributed by atoms with E-state index in [1.807, 2.05) is 24.3 Å². The van der Waals surface area contributed by atoms with Crippen LogP contribution in [-0.2, 0) is 0 Å². The van der Waals surface area contributed by atoms with Crippen molar-refractivity contribution < 1.29 is 13.9 Å². The van der Waals surface area contributed by atoms with Crippen molar-refractivity contribution in [3.8, 4) is 34.1 Å². The Morgan fingerprint density at radius 3 is 1.76 bits per heavy atom. The molecule has 0 amide bonds. The molecule has 0 N–H and O–H groups in total. The Bertz CT molecular complexity index is 2770. The van der Waals surface area contributed by atoms with Crippen LogP contribution in [0.5, 0.6) is 23.0 Å². The maximum Gasteiger partial charge on any atom is 0.260 e. The second-order valence-corrected chi connectivity index (χ2v) is 13.2. The van der Waals surface area contributed by atoms with Crippen molar-refractivity contribution in [3.05, 3.63) is 170 Å². The van der Waals surface area contributed by atoms with Crippen LogP contribution in [0.4, 0.5) is 17.1 Å². The van der Waals surface area contributed by atoms with Gasteiger partial charge in [0.15, 0.2) is 0 Å². The monoisotopic (exact) mass is 653 g/mol. The highest BCUT2D eigenvalue weighted by Crippen LogP contribution is 2.45. The molecule has 1 aromatic heterocycles. The van der Waals surface area contributed by atoms with Gasteiger partial charge in [-0.15, -0.1) is 0 Å². The lowest BCUT2D eigenvalue weighted by atomic mass is 9.34. The minimum absolute atomic E-state index is 0.0797. The average molecular weight is 654 g/mol. The number of nitrogens with zero attached hydrogens (tertiary/aromatic N) is 1. The van der Waals surface area contributed by atoms with Gasteiger partial charge in [0.1, 0.15) is 34.2 Å². The van der Waals surface area contributed by atoms with Gasteiger partial charge in [-0.25, -0.2) is 0 Å². The SMILES string of the molecule is c1ccc(-c2ccc3c(c2)B2c4cc5oc6cc(N(c7ccccc7)c7ccccc7)c7ccccc7c6c5cc4Oc4cccc(c42)O3)cc1. The molecule has 0 fully saturated rings. The second-order valence-electron chi connectivity index (χ2n) is 13.2. The zero-order valence-corrected chi connectivity index (χ0v) is 27.4. The highest BCUT2D eigenvalue weighted by molar-refractivity contribution is 6.98. The fourth-order valence-electron chi connectivity index (χ4n) is 8.12. The van der Waals surface area contributed by atoms with Crippen molar-refractivity contribution in [2.75, 3.05) is 4.90 Å². The largest absolute Gasteiger partial charge is 0.458 e. The molecule has 5 heteroatoms. The molecule has 238 valence electrons. The Labute approximate surface area is 294 Å². The summed E-state index contributed by atoms with van der Waals surface area (Å²) in [7, 11) is 0. The topological polar surface area (TPSA) is 34.8 Å². The summed E-state index contributed by atoms with van der Waals surface area (Å²) in [6, 6.07) is 59.3. The lowest BCUT2D eigenvalue weighted by Crippen LogP contribution is -2.57. The van der Waals surface area contributed by atoms with Gasteiger partial charge in [-0.1, -0.05) is 109 Å². The molecule has 0 aliphatic carbocycles. The Kier molecular flexibility index (Phi) is 6.01. The van der Waals surface area contributed by atoms with Crippen LogP contribution in [-0.4, -0.2) is 6.71 Å². The molecule has 0 radical (unpaired) electrons. The highest BCUT2D eigenvalue weighted by atomic mass is 16.5. The van der Waals surface area contributed by atoms with Crippen LogP contribution < -0.4 is 30.8 Å². The first-order valence-electron chi connectivity index (χ1n) is 17.3. The normalized spacial score (nSPS) is 12.6. The number of ether oxygens (including phenoxy) is 2. The Balaban J connectivity index is 1.15.